The summed E-state index contributed by atoms with van der Waals surface area (Å²) in [7, 11) is 3.05. The van der Waals surface area contributed by atoms with Crippen molar-refractivity contribution in [2.24, 2.45) is 15.4 Å². The number of aliphatic imine (C=N–C) groups is 1. The summed E-state index contributed by atoms with van der Waals surface area (Å²) in [6.45, 7) is 0.107. The molecule has 2 aromatic rings. The molecule has 1 amide bonds. The highest BCUT2D eigenvalue weighted by Crippen LogP contribution is 2.32. The van der Waals surface area contributed by atoms with Gasteiger partial charge in [0.05, 0.1) is 18.4 Å². The first-order valence-electron chi connectivity index (χ1n) is 7.85. The number of ether oxygens (including phenoxy) is 1. The van der Waals surface area contributed by atoms with Gasteiger partial charge in [-0.2, -0.15) is 5.11 Å². The van der Waals surface area contributed by atoms with Crippen LogP contribution in [0.15, 0.2) is 57.8 Å². The summed E-state index contributed by atoms with van der Waals surface area (Å²) in [6, 6.07) is 12.6. The number of halogens is 1. The van der Waals surface area contributed by atoms with Gasteiger partial charge in [-0.1, -0.05) is 29.8 Å². The van der Waals surface area contributed by atoms with Crippen LogP contribution in [0, 0.1) is 0 Å². The summed E-state index contributed by atoms with van der Waals surface area (Å²) < 4.78 is 5.19. The van der Waals surface area contributed by atoms with Gasteiger partial charge in [0.25, 0.3) is 5.91 Å². The number of carbonyl (C=O) groups excluding carboxylic acids is 1. The third kappa shape index (κ3) is 3.58. The first-order valence-corrected chi connectivity index (χ1v) is 8.22. The minimum absolute atomic E-state index is 0.0105. The summed E-state index contributed by atoms with van der Waals surface area (Å²) in [5.74, 6) is 0.304. The van der Waals surface area contributed by atoms with E-state index in [4.69, 9.17) is 21.2 Å². The third-order valence-corrected chi connectivity index (χ3v) is 4.13. The van der Waals surface area contributed by atoms with E-state index < -0.39 is 0 Å². The Morgan fingerprint density at radius 1 is 1.23 bits per heavy atom. The Morgan fingerprint density at radius 2 is 2.04 bits per heavy atom. The molecule has 7 nitrogen and oxygen atoms in total. The van der Waals surface area contributed by atoms with Gasteiger partial charge in [0.1, 0.15) is 13.3 Å². The molecule has 134 valence electrons. The molecule has 0 saturated carbocycles. The Hall–Kier alpha value is -2.77. The predicted octanol–water partition coefficient (Wildman–Crippen LogP) is 3.50. The van der Waals surface area contributed by atoms with Crippen LogP contribution in [0.5, 0.6) is 5.75 Å². The molecule has 1 aliphatic rings. The number of rotatable bonds is 5. The molecule has 0 unspecified atom stereocenters. The first-order chi connectivity index (χ1) is 12.7. The molecule has 26 heavy (non-hydrogen) atoms. The zero-order valence-corrected chi connectivity index (χ0v) is 15.1. The molecule has 8 heteroatoms. The third-order valence-electron chi connectivity index (χ3n) is 3.80. The summed E-state index contributed by atoms with van der Waals surface area (Å²) >= 11 is 6.37. The molecular formula is C18H17ClN4O3. The highest BCUT2D eigenvalue weighted by molar-refractivity contribution is 6.36. The molecule has 0 saturated heterocycles. The molecule has 0 spiro atoms. The summed E-state index contributed by atoms with van der Waals surface area (Å²) in [6.07, 6.45) is 0. The number of hydrogen-bond acceptors (Lipinski definition) is 6. The van der Waals surface area contributed by atoms with Crippen LogP contribution in [-0.4, -0.2) is 39.1 Å². The quantitative estimate of drug-likeness (QED) is 0.595. The number of fused-ring (bicyclic) bond motifs is 1. The van der Waals surface area contributed by atoms with Crippen molar-refractivity contribution in [3.63, 3.8) is 0 Å². The molecular weight excluding hydrogens is 356 g/mol. The Labute approximate surface area is 155 Å². The second-order valence-corrected chi connectivity index (χ2v) is 5.84. The summed E-state index contributed by atoms with van der Waals surface area (Å²) in [5, 5.41) is 7.68. The first kappa shape index (κ1) is 18.0. The van der Waals surface area contributed by atoms with Crippen molar-refractivity contribution in [1.82, 2.24) is 0 Å². The molecule has 0 aliphatic carbocycles. The zero-order chi connectivity index (χ0) is 18.5. The number of methoxy groups -OCH3 is 1. The number of anilines is 1. The van der Waals surface area contributed by atoms with Crippen LogP contribution < -0.4 is 9.74 Å². The summed E-state index contributed by atoms with van der Waals surface area (Å²) in [5.41, 5.74) is 2.70. The van der Waals surface area contributed by atoms with E-state index in [1.54, 1.807) is 24.3 Å². The van der Waals surface area contributed by atoms with Crippen LogP contribution in [0.1, 0.15) is 11.1 Å². The van der Waals surface area contributed by atoms with Gasteiger partial charge in [-0.05, 0) is 24.3 Å². The van der Waals surface area contributed by atoms with Crippen molar-refractivity contribution in [1.29, 1.82) is 0 Å². The molecule has 1 aliphatic heterocycles. The molecule has 0 radical (unpaired) electrons. The fourth-order valence-corrected chi connectivity index (χ4v) is 2.92. The zero-order valence-electron chi connectivity index (χ0n) is 14.3. The number of benzene rings is 2. The van der Waals surface area contributed by atoms with Crippen molar-refractivity contribution < 1.29 is 14.4 Å². The Balaban J connectivity index is 2.18. The van der Waals surface area contributed by atoms with Crippen LogP contribution in [0.4, 0.5) is 5.69 Å². The smallest absolute Gasteiger partial charge is 0.250 e. The molecule has 0 bridgehead atoms. The van der Waals surface area contributed by atoms with Gasteiger partial charge in [0, 0.05) is 28.5 Å². The average Bonchev–Trinajstić information content (AvgIpc) is 2.78. The highest BCUT2D eigenvalue weighted by atomic mass is 35.5. The average molecular weight is 373 g/mol. The van der Waals surface area contributed by atoms with E-state index in [1.165, 1.54) is 19.1 Å². The lowest BCUT2D eigenvalue weighted by atomic mass is 10.00. The van der Waals surface area contributed by atoms with Crippen LogP contribution in [0.25, 0.3) is 0 Å². The Bertz CT molecular complexity index is 882. The van der Waals surface area contributed by atoms with Gasteiger partial charge < -0.3 is 9.57 Å². The van der Waals surface area contributed by atoms with Crippen molar-refractivity contribution in [3.8, 4) is 5.75 Å². The van der Waals surface area contributed by atoms with Crippen LogP contribution >= 0.6 is 11.6 Å². The SMILES string of the molecule is CN=NOc1ccc2c(c1)C(c1ccccc1Cl)=NCC(=O)N2COC. The van der Waals surface area contributed by atoms with Crippen molar-refractivity contribution in [3.05, 3.63) is 58.6 Å². The van der Waals surface area contributed by atoms with Crippen LogP contribution in [0.3, 0.4) is 0 Å². The van der Waals surface area contributed by atoms with Crippen LogP contribution in [-0.2, 0) is 9.53 Å². The fraction of sp³-hybridized carbons (Fsp3) is 0.222. The van der Waals surface area contributed by atoms with Gasteiger partial charge in [-0.3, -0.25) is 14.7 Å². The fourth-order valence-electron chi connectivity index (χ4n) is 2.69. The molecule has 0 fully saturated rings. The van der Waals surface area contributed by atoms with Gasteiger partial charge in [0.2, 0.25) is 0 Å². The van der Waals surface area contributed by atoms with E-state index in [0.29, 0.717) is 27.7 Å². The van der Waals surface area contributed by atoms with Gasteiger partial charge >= 0.3 is 0 Å². The minimum atomic E-state index is -0.169. The number of hydrogen-bond donors (Lipinski definition) is 0. The Kier molecular flexibility index (Phi) is 5.60. The largest absolute Gasteiger partial charge is 0.364 e. The van der Waals surface area contributed by atoms with Crippen molar-refractivity contribution in [2.45, 2.75) is 0 Å². The molecule has 3 rings (SSSR count). The number of amides is 1. The number of benzodiazepines with no additional fused rings is 1. The van der Waals surface area contributed by atoms with E-state index in [1.807, 2.05) is 18.2 Å². The minimum Gasteiger partial charge on any atom is -0.364 e. The Morgan fingerprint density at radius 3 is 2.77 bits per heavy atom. The standard InChI is InChI=1S/C18H17ClN4O3/c1-20-22-26-12-7-8-16-14(9-12)18(13-5-3-4-6-15(13)19)21-10-17(24)23(16)11-25-2/h3-9H,10-11H2,1-2H3. The predicted molar refractivity (Wildman–Crippen MR) is 99.2 cm³/mol. The van der Waals surface area contributed by atoms with Gasteiger partial charge in [0.15, 0.2) is 5.75 Å². The van der Waals surface area contributed by atoms with Gasteiger partial charge in [-0.15, -0.1) is 0 Å². The molecule has 2 aromatic carbocycles. The second kappa shape index (κ2) is 8.07. The highest BCUT2D eigenvalue weighted by Gasteiger charge is 2.26. The van der Waals surface area contributed by atoms with Crippen molar-refractivity contribution >= 4 is 28.9 Å². The molecule has 0 aromatic heterocycles. The van der Waals surface area contributed by atoms with E-state index in [0.717, 1.165) is 5.56 Å². The maximum absolute atomic E-state index is 12.5. The number of nitrogens with zero attached hydrogens (tertiary/aromatic N) is 4. The molecule has 0 atom stereocenters. The monoisotopic (exact) mass is 372 g/mol. The lowest BCUT2D eigenvalue weighted by molar-refractivity contribution is -0.118. The lowest BCUT2D eigenvalue weighted by Crippen LogP contribution is -2.34. The van der Waals surface area contributed by atoms with E-state index >= 15 is 0 Å². The summed E-state index contributed by atoms with van der Waals surface area (Å²) in [4.78, 5) is 23.8. The normalized spacial score (nSPS) is 14.2. The molecule has 1 heterocycles. The maximum atomic E-state index is 12.5. The second-order valence-electron chi connectivity index (χ2n) is 5.44. The molecule has 0 N–H and O–H groups in total. The van der Waals surface area contributed by atoms with E-state index in [9.17, 15) is 4.79 Å². The maximum Gasteiger partial charge on any atom is 0.250 e. The number of carbonyl (C=O) groups is 1. The lowest BCUT2D eigenvalue weighted by Gasteiger charge is -2.22. The van der Waals surface area contributed by atoms with Gasteiger partial charge in [-0.25, -0.2) is 0 Å². The van der Waals surface area contributed by atoms with Crippen LogP contribution in [0.2, 0.25) is 5.02 Å². The van der Waals surface area contributed by atoms with E-state index in [2.05, 4.69) is 15.4 Å². The topological polar surface area (TPSA) is 75.9 Å². The van der Waals surface area contributed by atoms with E-state index in [-0.39, 0.29) is 19.2 Å². The van der Waals surface area contributed by atoms with Crippen molar-refractivity contribution in [2.75, 3.05) is 32.3 Å².